The topological polar surface area (TPSA) is 26.3 Å². The highest BCUT2D eigenvalue weighted by Crippen LogP contribution is 2.27. The third-order valence-corrected chi connectivity index (χ3v) is 5.79. The molecule has 0 atom stereocenters. The smallest absolute Gasteiger partial charge is 0.333 e. The second-order valence-corrected chi connectivity index (χ2v) is 8.47. The summed E-state index contributed by atoms with van der Waals surface area (Å²) in [5.41, 5.74) is 3.02. The van der Waals surface area contributed by atoms with Crippen LogP contribution in [0.5, 0.6) is 0 Å². The Morgan fingerprint density at radius 1 is 0.742 bits per heavy atom. The van der Waals surface area contributed by atoms with Crippen LogP contribution in [0.3, 0.4) is 0 Å². The number of ether oxygens (including phenoxy) is 1. The van der Waals surface area contributed by atoms with E-state index >= 15 is 0 Å². The van der Waals surface area contributed by atoms with E-state index in [1.54, 1.807) is 0 Å². The van der Waals surface area contributed by atoms with Gasteiger partial charge in [0.05, 0.1) is 6.61 Å². The summed E-state index contributed by atoms with van der Waals surface area (Å²) in [7, 11) is 0. The standard InChI is InChI=1S/C29H40O2/c1-3-4-5-6-7-8-9-10-11-18-23-31-29(30)25(2)24-28(26-19-14-12-15-20-26)27-21-16-13-17-22-27/h12-17,19-22,24,28H,3-11,18,23H2,1-2H3. The monoisotopic (exact) mass is 420 g/mol. The first kappa shape index (κ1) is 24.9. The maximum Gasteiger partial charge on any atom is 0.333 e. The second kappa shape index (κ2) is 15.5. The first-order valence-electron chi connectivity index (χ1n) is 12.2. The zero-order valence-electron chi connectivity index (χ0n) is 19.5. The average molecular weight is 421 g/mol. The number of carbonyl (C=O) groups excluding carboxylic acids is 1. The Balaban J connectivity index is 1.74. The molecule has 2 nitrogen and oxygen atoms in total. The van der Waals surface area contributed by atoms with E-state index in [1.165, 1.54) is 62.5 Å². The summed E-state index contributed by atoms with van der Waals surface area (Å²) in [5, 5.41) is 0. The zero-order valence-corrected chi connectivity index (χ0v) is 19.5. The van der Waals surface area contributed by atoms with Crippen LogP contribution >= 0.6 is 0 Å². The van der Waals surface area contributed by atoms with Gasteiger partial charge in [-0.15, -0.1) is 0 Å². The van der Waals surface area contributed by atoms with Gasteiger partial charge in [0.25, 0.3) is 0 Å². The lowest BCUT2D eigenvalue weighted by Gasteiger charge is -2.15. The summed E-state index contributed by atoms with van der Waals surface area (Å²) in [6.45, 7) is 4.64. The number of hydrogen-bond donors (Lipinski definition) is 0. The Labute approximate surface area is 189 Å². The van der Waals surface area contributed by atoms with Gasteiger partial charge in [0.2, 0.25) is 0 Å². The molecule has 2 rings (SSSR count). The molecule has 2 aromatic carbocycles. The van der Waals surface area contributed by atoms with E-state index in [0.717, 1.165) is 12.8 Å². The molecule has 31 heavy (non-hydrogen) atoms. The normalized spacial score (nSPS) is 11.6. The Morgan fingerprint density at radius 3 is 1.68 bits per heavy atom. The largest absolute Gasteiger partial charge is 0.462 e. The number of unbranched alkanes of at least 4 members (excludes halogenated alkanes) is 9. The lowest BCUT2D eigenvalue weighted by atomic mass is 9.89. The Hall–Kier alpha value is -2.35. The van der Waals surface area contributed by atoms with Crippen molar-refractivity contribution in [2.45, 2.75) is 84.0 Å². The molecule has 0 N–H and O–H groups in total. The van der Waals surface area contributed by atoms with Crippen LogP contribution in [0.15, 0.2) is 72.3 Å². The molecule has 0 saturated heterocycles. The van der Waals surface area contributed by atoms with E-state index in [0.29, 0.717) is 12.2 Å². The summed E-state index contributed by atoms with van der Waals surface area (Å²) in [5.74, 6) is -0.153. The van der Waals surface area contributed by atoms with Crippen LogP contribution in [0.2, 0.25) is 0 Å². The van der Waals surface area contributed by atoms with Gasteiger partial charge in [0.15, 0.2) is 0 Å². The van der Waals surface area contributed by atoms with Gasteiger partial charge < -0.3 is 4.74 Å². The highest BCUT2D eigenvalue weighted by molar-refractivity contribution is 5.88. The van der Waals surface area contributed by atoms with Crippen LogP contribution in [0, 0.1) is 0 Å². The van der Waals surface area contributed by atoms with Crippen molar-refractivity contribution in [2.24, 2.45) is 0 Å². The van der Waals surface area contributed by atoms with Crippen molar-refractivity contribution in [1.82, 2.24) is 0 Å². The van der Waals surface area contributed by atoms with Crippen LogP contribution in [-0.2, 0) is 9.53 Å². The maximum atomic E-state index is 12.5. The Morgan fingerprint density at radius 2 is 1.19 bits per heavy atom. The molecule has 0 amide bonds. The van der Waals surface area contributed by atoms with Gasteiger partial charge in [-0.25, -0.2) is 4.79 Å². The first-order valence-corrected chi connectivity index (χ1v) is 12.2. The SMILES string of the molecule is CCCCCCCCCCCCOC(=O)C(C)=CC(c1ccccc1)c1ccccc1. The van der Waals surface area contributed by atoms with Gasteiger partial charge >= 0.3 is 5.97 Å². The molecule has 0 bridgehead atoms. The highest BCUT2D eigenvalue weighted by Gasteiger charge is 2.14. The summed E-state index contributed by atoms with van der Waals surface area (Å²) >= 11 is 0. The molecule has 0 aromatic heterocycles. The zero-order chi connectivity index (χ0) is 22.2. The first-order chi connectivity index (χ1) is 15.2. The molecule has 0 aliphatic carbocycles. The van der Waals surface area contributed by atoms with Crippen molar-refractivity contribution in [1.29, 1.82) is 0 Å². The Bertz CT molecular complexity index is 709. The van der Waals surface area contributed by atoms with E-state index < -0.39 is 0 Å². The van der Waals surface area contributed by atoms with Crippen molar-refractivity contribution in [3.63, 3.8) is 0 Å². The lowest BCUT2D eigenvalue weighted by Crippen LogP contribution is -2.09. The molecule has 0 saturated carbocycles. The number of carbonyl (C=O) groups is 1. The molecule has 2 heteroatoms. The van der Waals surface area contributed by atoms with E-state index in [9.17, 15) is 4.79 Å². The van der Waals surface area contributed by atoms with Crippen molar-refractivity contribution in [2.75, 3.05) is 6.61 Å². The predicted octanol–water partition coefficient (Wildman–Crippen LogP) is 8.23. The van der Waals surface area contributed by atoms with Gasteiger partial charge in [-0.2, -0.15) is 0 Å². The summed E-state index contributed by atoms with van der Waals surface area (Å²) in [6.07, 6.45) is 14.8. The predicted molar refractivity (Wildman–Crippen MR) is 131 cm³/mol. The van der Waals surface area contributed by atoms with Crippen molar-refractivity contribution in [3.05, 3.63) is 83.4 Å². The average Bonchev–Trinajstić information content (AvgIpc) is 2.81. The molecular formula is C29H40O2. The van der Waals surface area contributed by atoms with Crippen molar-refractivity contribution in [3.8, 4) is 0 Å². The number of esters is 1. The third kappa shape index (κ3) is 10.0. The summed E-state index contributed by atoms with van der Waals surface area (Å²) in [6, 6.07) is 20.6. The fourth-order valence-electron chi connectivity index (χ4n) is 3.89. The lowest BCUT2D eigenvalue weighted by molar-refractivity contribution is -0.139. The van der Waals surface area contributed by atoms with Crippen LogP contribution in [0.1, 0.15) is 95.1 Å². The molecule has 0 unspecified atom stereocenters. The van der Waals surface area contributed by atoms with Gasteiger partial charge in [0, 0.05) is 11.5 Å². The molecule has 0 heterocycles. The van der Waals surface area contributed by atoms with E-state index in [1.807, 2.05) is 49.4 Å². The van der Waals surface area contributed by atoms with Gasteiger partial charge in [-0.05, 0) is 24.5 Å². The minimum absolute atomic E-state index is 0.0484. The molecule has 2 aromatic rings. The third-order valence-electron chi connectivity index (χ3n) is 5.79. The van der Waals surface area contributed by atoms with Crippen LogP contribution in [0.4, 0.5) is 0 Å². The quantitative estimate of drug-likeness (QED) is 0.165. The molecule has 0 radical (unpaired) electrons. The van der Waals surface area contributed by atoms with Crippen LogP contribution in [0.25, 0.3) is 0 Å². The van der Waals surface area contributed by atoms with Crippen molar-refractivity contribution >= 4 is 5.97 Å². The van der Waals surface area contributed by atoms with E-state index in [-0.39, 0.29) is 11.9 Å². The molecule has 0 aliphatic heterocycles. The number of benzene rings is 2. The van der Waals surface area contributed by atoms with Gasteiger partial charge in [-0.1, -0.05) is 131 Å². The number of rotatable bonds is 15. The van der Waals surface area contributed by atoms with Crippen LogP contribution < -0.4 is 0 Å². The highest BCUT2D eigenvalue weighted by atomic mass is 16.5. The molecule has 168 valence electrons. The van der Waals surface area contributed by atoms with Gasteiger partial charge in [0.1, 0.15) is 0 Å². The van der Waals surface area contributed by atoms with Crippen LogP contribution in [-0.4, -0.2) is 12.6 Å². The number of allylic oxidation sites excluding steroid dienone is 1. The summed E-state index contributed by atoms with van der Waals surface area (Å²) < 4.78 is 5.54. The molecule has 0 spiro atoms. The van der Waals surface area contributed by atoms with E-state index in [4.69, 9.17) is 4.74 Å². The number of hydrogen-bond acceptors (Lipinski definition) is 2. The molecule has 0 aliphatic rings. The fourth-order valence-corrected chi connectivity index (χ4v) is 3.89. The minimum atomic E-state index is -0.201. The van der Waals surface area contributed by atoms with Gasteiger partial charge in [-0.3, -0.25) is 0 Å². The molecular weight excluding hydrogens is 380 g/mol. The fraction of sp³-hybridized carbons (Fsp3) is 0.483. The van der Waals surface area contributed by atoms with E-state index in [2.05, 4.69) is 31.2 Å². The molecule has 0 fully saturated rings. The Kier molecular flexibility index (Phi) is 12.4. The minimum Gasteiger partial charge on any atom is -0.462 e. The maximum absolute atomic E-state index is 12.5. The van der Waals surface area contributed by atoms with Crippen molar-refractivity contribution < 1.29 is 9.53 Å². The second-order valence-electron chi connectivity index (χ2n) is 8.47. The summed E-state index contributed by atoms with van der Waals surface area (Å²) in [4.78, 5) is 12.5.